The van der Waals surface area contributed by atoms with Gasteiger partial charge in [0.1, 0.15) is 5.78 Å². The van der Waals surface area contributed by atoms with Crippen molar-refractivity contribution in [1.29, 1.82) is 5.26 Å². The predicted molar refractivity (Wildman–Crippen MR) is 61.8 cm³/mol. The van der Waals surface area contributed by atoms with E-state index in [0.29, 0.717) is 11.3 Å². The first-order valence-corrected chi connectivity index (χ1v) is 5.74. The van der Waals surface area contributed by atoms with Gasteiger partial charge in [-0.15, -0.1) is 0 Å². The van der Waals surface area contributed by atoms with Gasteiger partial charge >= 0.3 is 0 Å². The second-order valence-electron chi connectivity index (χ2n) is 4.55. The Kier molecular flexibility index (Phi) is 3.05. The largest absolute Gasteiger partial charge is 0.299 e. The Labute approximate surface area is 95.9 Å². The van der Waals surface area contributed by atoms with Crippen LogP contribution in [0.1, 0.15) is 30.9 Å². The van der Waals surface area contributed by atoms with Gasteiger partial charge in [0.15, 0.2) is 0 Å². The highest BCUT2D eigenvalue weighted by molar-refractivity contribution is 5.85. The van der Waals surface area contributed by atoms with Crippen LogP contribution < -0.4 is 0 Å². The van der Waals surface area contributed by atoms with Gasteiger partial charge in [-0.2, -0.15) is 5.26 Å². The van der Waals surface area contributed by atoms with E-state index in [4.69, 9.17) is 5.26 Å². The molecule has 0 amide bonds. The highest BCUT2D eigenvalue weighted by Gasteiger charge is 2.31. The van der Waals surface area contributed by atoms with Gasteiger partial charge in [-0.1, -0.05) is 25.1 Å². The third-order valence-electron chi connectivity index (χ3n) is 3.44. The lowest BCUT2D eigenvalue weighted by atomic mass is 9.93. The van der Waals surface area contributed by atoms with Crippen LogP contribution in [0.15, 0.2) is 24.3 Å². The van der Waals surface area contributed by atoms with Gasteiger partial charge in [0.2, 0.25) is 0 Å². The summed E-state index contributed by atoms with van der Waals surface area (Å²) in [5, 5.41) is 8.98. The Morgan fingerprint density at radius 3 is 2.75 bits per heavy atom. The first-order chi connectivity index (χ1) is 7.72. The molecule has 2 atom stereocenters. The molecule has 16 heavy (non-hydrogen) atoms. The molecule has 0 aliphatic heterocycles. The van der Waals surface area contributed by atoms with Crippen molar-refractivity contribution >= 4 is 5.78 Å². The van der Waals surface area contributed by atoms with Gasteiger partial charge in [0, 0.05) is 11.8 Å². The van der Waals surface area contributed by atoms with E-state index in [-0.39, 0.29) is 11.8 Å². The molecule has 0 bridgehead atoms. The van der Waals surface area contributed by atoms with Crippen LogP contribution >= 0.6 is 0 Å². The van der Waals surface area contributed by atoms with Crippen molar-refractivity contribution in [3.8, 4) is 6.07 Å². The molecule has 0 radical (unpaired) electrons. The fourth-order valence-electron chi connectivity index (χ4n) is 2.41. The molecule has 1 aromatic carbocycles. The molecule has 2 nitrogen and oxygen atoms in total. The number of nitrogens with zero attached hydrogens (tertiary/aromatic N) is 1. The van der Waals surface area contributed by atoms with Gasteiger partial charge in [-0.05, 0) is 30.9 Å². The topological polar surface area (TPSA) is 40.9 Å². The van der Waals surface area contributed by atoms with Crippen molar-refractivity contribution in [1.82, 2.24) is 0 Å². The Morgan fingerprint density at radius 2 is 2.12 bits per heavy atom. The maximum absolute atomic E-state index is 11.8. The Morgan fingerprint density at radius 1 is 1.38 bits per heavy atom. The smallest absolute Gasteiger partial charge is 0.139 e. The lowest BCUT2D eigenvalue weighted by Crippen LogP contribution is -2.14. The number of carbonyl (C=O) groups is 1. The van der Waals surface area contributed by atoms with E-state index >= 15 is 0 Å². The van der Waals surface area contributed by atoms with Crippen LogP contribution in [0.2, 0.25) is 0 Å². The van der Waals surface area contributed by atoms with Crippen molar-refractivity contribution < 1.29 is 4.79 Å². The average Bonchev–Trinajstić information content (AvgIpc) is 2.62. The minimum Gasteiger partial charge on any atom is -0.299 e. The fraction of sp³-hybridized carbons (Fsp3) is 0.429. The van der Waals surface area contributed by atoms with Gasteiger partial charge in [0.25, 0.3) is 0 Å². The summed E-state index contributed by atoms with van der Waals surface area (Å²) in [5.74, 6) is 0.705. The molecule has 82 valence electrons. The molecule has 0 N–H and O–H groups in total. The molecule has 1 aromatic rings. The number of Topliss-reactive ketones (excluding diaryl/α,β-unsaturated/α-hetero) is 1. The SMILES string of the molecule is CC1CCC(Cc2ccccc2C#N)C1=O. The summed E-state index contributed by atoms with van der Waals surface area (Å²) in [5.41, 5.74) is 1.72. The summed E-state index contributed by atoms with van der Waals surface area (Å²) in [6, 6.07) is 9.75. The standard InChI is InChI=1S/C14H15NO/c1-10-6-7-12(14(10)16)8-11-4-2-3-5-13(11)9-15/h2-5,10,12H,6-8H2,1H3. The maximum Gasteiger partial charge on any atom is 0.139 e. The number of hydrogen-bond acceptors (Lipinski definition) is 2. The Hall–Kier alpha value is -1.62. The molecule has 2 rings (SSSR count). The predicted octanol–water partition coefficient (Wildman–Crippen LogP) is 2.72. The number of carbonyl (C=O) groups excluding carboxylic acids is 1. The van der Waals surface area contributed by atoms with Gasteiger partial charge in [-0.3, -0.25) is 4.79 Å². The zero-order valence-corrected chi connectivity index (χ0v) is 9.44. The van der Waals surface area contributed by atoms with Crippen molar-refractivity contribution in [3.63, 3.8) is 0 Å². The van der Waals surface area contributed by atoms with Crippen LogP contribution in [0.25, 0.3) is 0 Å². The van der Waals surface area contributed by atoms with E-state index in [1.165, 1.54) is 0 Å². The summed E-state index contributed by atoms with van der Waals surface area (Å²) in [6.07, 6.45) is 2.70. The zero-order valence-electron chi connectivity index (χ0n) is 9.44. The maximum atomic E-state index is 11.8. The third kappa shape index (κ3) is 1.99. The van der Waals surface area contributed by atoms with E-state index < -0.39 is 0 Å². The molecule has 2 heteroatoms. The summed E-state index contributed by atoms with van der Waals surface area (Å²) >= 11 is 0. The fourth-order valence-corrected chi connectivity index (χ4v) is 2.41. The van der Waals surface area contributed by atoms with Gasteiger partial charge in [0.05, 0.1) is 11.6 Å². The van der Waals surface area contributed by atoms with Gasteiger partial charge < -0.3 is 0 Å². The van der Waals surface area contributed by atoms with E-state index in [9.17, 15) is 4.79 Å². The monoisotopic (exact) mass is 213 g/mol. The van der Waals surface area contributed by atoms with Crippen LogP contribution in [-0.4, -0.2) is 5.78 Å². The van der Waals surface area contributed by atoms with E-state index in [0.717, 1.165) is 24.8 Å². The van der Waals surface area contributed by atoms with Crippen LogP contribution in [0.3, 0.4) is 0 Å². The molecular weight excluding hydrogens is 198 g/mol. The molecular formula is C14H15NO. The molecule has 1 saturated carbocycles. The molecule has 0 heterocycles. The van der Waals surface area contributed by atoms with Crippen molar-refractivity contribution in [2.75, 3.05) is 0 Å². The van der Waals surface area contributed by atoms with Crippen molar-refractivity contribution in [2.24, 2.45) is 11.8 Å². The average molecular weight is 213 g/mol. The van der Waals surface area contributed by atoms with E-state index in [1.807, 2.05) is 31.2 Å². The molecule has 1 aliphatic carbocycles. The number of hydrogen-bond donors (Lipinski definition) is 0. The van der Waals surface area contributed by atoms with E-state index in [1.54, 1.807) is 0 Å². The number of rotatable bonds is 2. The Balaban J connectivity index is 2.16. The highest BCUT2D eigenvalue weighted by atomic mass is 16.1. The third-order valence-corrected chi connectivity index (χ3v) is 3.44. The minimum atomic E-state index is 0.129. The van der Waals surface area contributed by atoms with Crippen LogP contribution in [0.4, 0.5) is 0 Å². The zero-order chi connectivity index (χ0) is 11.5. The first-order valence-electron chi connectivity index (χ1n) is 5.74. The summed E-state index contributed by atoms with van der Waals surface area (Å²) < 4.78 is 0. The van der Waals surface area contributed by atoms with Crippen molar-refractivity contribution in [3.05, 3.63) is 35.4 Å². The van der Waals surface area contributed by atoms with Gasteiger partial charge in [-0.25, -0.2) is 0 Å². The van der Waals surface area contributed by atoms with Crippen LogP contribution in [0, 0.1) is 23.2 Å². The highest BCUT2D eigenvalue weighted by Crippen LogP contribution is 2.30. The minimum absolute atomic E-state index is 0.129. The number of nitriles is 1. The second-order valence-corrected chi connectivity index (χ2v) is 4.55. The normalized spacial score (nSPS) is 24.4. The van der Waals surface area contributed by atoms with Crippen molar-refractivity contribution in [2.45, 2.75) is 26.2 Å². The second kappa shape index (κ2) is 4.49. The number of benzene rings is 1. The quantitative estimate of drug-likeness (QED) is 0.757. The number of ketones is 1. The summed E-state index contributed by atoms with van der Waals surface area (Å²) in [6.45, 7) is 2.00. The molecule has 0 aromatic heterocycles. The lowest BCUT2D eigenvalue weighted by Gasteiger charge is -2.09. The molecule has 0 saturated heterocycles. The molecule has 1 fully saturated rings. The Bertz CT molecular complexity index is 444. The molecule has 0 spiro atoms. The molecule has 1 aliphatic rings. The van der Waals surface area contributed by atoms with Crippen LogP contribution in [-0.2, 0) is 11.2 Å². The lowest BCUT2D eigenvalue weighted by molar-refractivity contribution is -0.123. The first kappa shape index (κ1) is 10.9. The van der Waals surface area contributed by atoms with E-state index in [2.05, 4.69) is 6.07 Å². The molecule has 2 unspecified atom stereocenters. The van der Waals surface area contributed by atoms with Crippen LogP contribution in [0.5, 0.6) is 0 Å². The summed E-state index contributed by atoms with van der Waals surface area (Å²) in [4.78, 5) is 11.8. The summed E-state index contributed by atoms with van der Waals surface area (Å²) in [7, 11) is 0.